The zero-order valence-electron chi connectivity index (χ0n) is 13.8. The fraction of sp³-hybridized carbons (Fsp3) is 0.222. The number of amides is 1. The van der Waals surface area contributed by atoms with Crippen molar-refractivity contribution in [2.45, 2.75) is 13.3 Å². The van der Waals surface area contributed by atoms with E-state index < -0.39 is 11.9 Å². The monoisotopic (exact) mass is 329 g/mol. The first-order chi connectivity index (χ1) is 11.5. The lowest BCUT2D eigenvalue weighted by Crippen LogP contribution is -2.17. The highest BCUT2D eigenvalue weighted by Gasteiger charge is 2.20. The van der Waals surface area contributed by atoms with Crippen LogP contribution in [0.3, 0.4) is 0 Å². The Morgan fingerprint density at radius 2 is 1.71 bits per heavy atom. The molecule has 0 aliphatic carbocycles. The number of benzene rings is 2. The molecule has 6 nitrogen and oxygen atoms in total. The minimum absolute atomic E-state index is 0.0385. The predicted octanol–water partition coefficient (Wildman–Crippen LogP) is 3.22. The highest BCUT2D eigenvalue weighted by Crippen LogP contribution is 2.29. The van der Waals surface area contributed by atoms with Gasteiger partial charge in [-0.25, -0.2) is 4.79 Å². The third-order valence-corrected chi connectivity index (χ3v) is 3.63. The number of hydrogen-bond acceptors (Lipinski definition) is 4. The second kappa shape index (κ2) is 7.50. The molecule has 24 heavy (non-hydrogen) atoms. The summed E-state index contributed by atoms with van der Waals surface area (Å²) in [6.45, 7) is 1.93. The quantitative estimate of drug-likeness (QED) is 0.850. The van der Waals surface area contributed by atoms with E-state index in [2.05, 4.69) is 5.32 Å². The first-order valence-electron chi connectivity index (χ1n) is 7.40. The summed E-state index contributed by atoms with van der Waals surface area (Å²) in [6, 6.07) is 9.89. The summed E-state index contributed by atoms with van der Waals surface area (Å²) in [5.74, 6) is -0.925. The number of methoxy groups -OCH3 is 2. The van der Waals surface area contributed by atoms with Crippen molar-refractivity contribution in [3.8, 4) is 11.5 Å². The molecule has 2 aromatic rings. The highest BCUT2D eigenvalue weighted by atomic mass is 16.5. The third-order valence-electron chi connectivity index (χ3n) is 3.63. The molecule has 0 unspecified atom stereocenters. The Balaban J connectivity index is 2.42. The van der Waals surface area contributed by atoms with Crippen molar-refractivity contribution in [1.82, 2.24) is 0 Å². The fourth-order valence-corrected chi connectivity index (χ4v) is 2.36. The Morgan fingerprint density at radius 3 is 2.21 bits per heavy atom. The van der Waals surface area contributed by atoms with Gasteiger partial charge in [0.15, 0.2) is 0 Å². The molecule has 2 N–H and O–H groups in total. The average Bonchev–Trinajstić information content (AvgIpc) is 2.60. The molecule has 0 saturated carbocycles. The van der Waals surface area contributed by atoms with Gasteiger partial charge < -0.3 is 19.9 Å². The lowest BCUT2D eigenvalue weighted by atomic mass is 10.1. The van der Waals surface area contributed by atoms with E-state index in [0.717, 1.165) is 5.56 Å². The maximum absolute atomic E-state index is 12.6. The van der Waals surface area contributed by atoms with E-state index >= 15 is 0 Å². The maximum atomic E-state index is 12.6. The number of carbonyl (C=O) groups excluding carboxylic acids is 1. The van der Waals surface area contributed by atoms with Crippen LogP contribution in [-0.4, -0.2) is 31.2 Å². The van der Waals surface area contributed by atoms with E-state index in [0.29, 0.717) is 17.9 Å². The van der Waals surface area contributed by atoms with Gasteiger partial charge in [-0.3, -0.25) is 4.79 Å². The van der Waals surface area contributed by atoms with Gasteiger partial charge in [-0.15, -0.1) is 0 Å². The number of nitrogens with one attached hydrogen (secondary N) is 1. The molecule has 0 radical (unpaired) electrons. The summed E-state index contributed by atoms with van der Waals surface area (Å²) in [7, 11) is 2.90. The summed E-state index contributed by atoms with van der Waals surface area (Å²) < 4.78 is 10.4. The van der Waals surface area contributed by atoms with E-state index in [9.17, 15) is 14.7 Å². The first kappa shape index (κ1) is 17.3. The van der Waals surface area contributed by atoms with Crippen molar-refractivity contribution in [2.24, 2.45) is 0 Å². The standard InChI is InChI=1S/C18H19NO5/c1-4-11-8-9-13(12(10-11)18(21)22)19-17(20)16-14(23-2)6-5-7-15(16)24-3/h5-10H,4H2,1-3H3,(H,19,20)(H,21,22). The molecule has 0 aliphatic rings. The van der Waals surface area contributed by atoms with Crippen LogP contribution < -0.4 is 14.8 Å². The Kier molecular flexibility index (Phi) is 5.42. The normalized spacial score (nSPS) is 10.1. The van der Waals surface area contributed by atoms with Gasteiger partial charge >= 0.3 is 5.97 Å². The second-order valence-electron chi connectivity index (χ2n) is 5.03. The van der Waals surface area contributed by atoms with Gasteiger partial charge in [0.25, 0.3) is 5.91 Å². The van der Waals surface area contributed by atoms with Crippen molar-refractivity contribution < 1.29 is 24.2 Å². The van der Waals surface area contributed by atoms with Crippen molar-refractivity contribution in [1.29, 1.82) is 0 Å². The van der Waals surface area contributed by atoms with Crippen LogP contribution in [0.15, 0.2) is 36.4 Å². The Hall–Kier alpha value is -3.02. The molecule has 6 heteroatoms. The van der Waals surface area contributed by atoms with E-state index in [4.69, 9.17) is 9.47 Å². The minimum atomic E-state index is -1.10. The Labute approximate surface area is 140 Å². The van der Waals surface area contributed by atoms with E-state index in [1.165, 1.54) is 14.2 Å². The molecular weight excluding hydrogens is 310 g/mol. The number of carboxylic acid groups (broad SMARTS) is 1. The number of anilines is 1. The zero-order valence-corrected chi connectivity index (χ0v) is 13.8. The number of aryl methyl sites for hydroxylation is 1. The van der Waals surface area contributed by atoms with Crippen LogP contribution in [0.2, 0.25) is 0 Å². The van der Waals surface area contributed by atoms with Crippen molar-refractivity contribution in [3.05, 3.63) is 53.1 Å². The number of hydrogen-bond donors (Lipinski definition) is 2. The summed E-state index contributed by atoms with van der Waals surface area (Å²) >= 11 is 0. The summed E-state index contributed by atoms with van der Waals surface area (Å²) in [4.78, 5) is 24.1. The Morgan fingerprint density at radius 1 is 1.08 bits per heavy atom. The maximum Gasteiger partial charge on any atom is 0.337 e. The van der Waals surface area contributed by atoms with Gasteiger partial charge in [0.05, 0.1) is 25.5 Å². The van der Waals surface area contributed by atoms with Gasteiger partial charge in [0, 0.05) is 0 Å². The highest BCUT2D eigenvalue weighted by molar-refractivity contribution is 6.10. The molecular formula is C18H19NO5. The number of ether oxygens (including phenoxy) is 2. The molecule has 0 bridgehead atoms. The lowest BCUT2D eigenvalue weighted by molar-refractivity contribution is 0.0698. The summed E-state index contributed by atoms with van der Waals surface area (Å²) in [5, 5.41) is 12.0. The van der Waals surface area contributed by atoms with E-state index in [-0.39, 0.29) is 16.8 Å². The van der Waals surface area contributed by atoms with Gasteiger partial charge in [0.1, 0.15) is 17.1 Å². The lowest BCUT2D eigenvalue weighted by Gasteiger charge is -2.14. The van der Waals surface area contributed by atoms with Crippen LogP contribution in [0.25, 0.3) is 0 Å². The van der Waals surface area contributed by atoms with Crippen molar-refractivity contribution >= 4 is 17.6 Å². The molecule has 2 aromatic carbocycles. The summed E-state index contributed by atoms with van der Waals surface area (Å²) in [5.41, 5.74) is 1.34. The SMILES string of the molecule is CCc1ccc(NC(=O)c2c(OC)cccc2OC)c(C(=O)O)c1. The topological polar surface area (TPSA) is 84.9 Å². The molecule has 0 atom stereocenters. The van der Waals surface area contributed by atoms with Crippen LogP contribution in [0, 0.1) is 0 Å². The Bertz CT molecular complexity index is 748. The van der Waals surface area contributed by atoms with Crippen LogP contribution in [0.5, 0.6) is 11.5 Å². The zero-order chi connectivity index (χ0) is 17.7. The molecule has 2 rings (SSSR count). The third kappa shape index (κ3) is 3.48. The molecule has 0 aliphatic heterocycles. The number of carbonyl (C=O) groups is 2. The second-order valence-corrected chi connectivity index (χ2v) is 5.03. The van der Waals surface area contributed by atoms with Gasteiger partial charge in [-0.2, -0.15) is 0 Å². The molecule has 0 heterocycles. The first-order valence-corrected chi connectivity index (χ1v) is 7.40. The molecule has 0 fully saturated rings. The van der Waals surface area contributed by atoms with Gasteiger partial charge in [0.2, 0.25) is 0 Å². The van der Waals surface area contributed by atoms with E-state index in [1.54, 1.807) is 36.4 Å². The van der Waals surface area contributed by atoms with Crippen LogP contribution in [0.4, 0.5) is 5.69 Å². The number of aromatic carboxylic acids is 1. The smallest absolute Gasteiger partial charge is 0.337 e. The van der Waals surface area contributed by atoms with Crippen molar-refractivity contribution in [3.63, 3.8) is 0 Å². The minimum Gasteiger partial charge on any atom is -0.496 e. The molecule has 126 valence electrons. The molecule has 0 aromatic heterocycles. The number of carboxylic acids is 1. The van der Waals surface area contributed by atoms with Crippen LogP contribution >= 0.6 is 0 Å². The van der Waals surface area contributed by atoms with Gasteiger partial charge in [-0.05, 0) is 36.2 Å². The average molecular weight is 329 g/mol. The van der Waals surface area contributed by atoms with Gasteiger partial charge in [-0.1, -0.05) is 19.1 Å². The molecule has 0 spiro atoms. The fourth-order valence-electron chi connectivity index (χ4n) is 2.36. The summed E-state index contributed by atoms with van der Waals surface area (Å²) in [6.07, 6.45) is 0.703. The predicted molar refractivity (Wildman–Crippen MR) is 90.3 cm³/mol. The molecule has 0 saturated heterocycles. The van der Waals surface area contributed by atoms with Crippen LogP contribution in [-0.2, 0) is 6.42 Å². The van der Waals surface area contributed by atoms with Crippen molar-refractivity contribution in [2.75, 3.05) is 19.5 Å². The largest absolute Gasteiger partial charge is 0.496 e. The van der Waals surface area contributed by atoms with Crippen LogP contribution in [0.1, 0.15) is 33.2 Å². The molecule has 1 amide bonds. The van der Waals surface area contributed by atoms with E-state index in [1.807, 2.05) is 6.92 Å². The number of rotatable bonds is 6.